The number of carbonyl (C=O) groups is 2. The van der Waals surface area contributed by atoms with E-state index >= 15 is 0 Å². The van der Waals surface area contributed by atoms with Crippen LogP contribution in [-0.2, 0) is 16.0 Å². The Morgan fingerprint density at radius 1 is 1.04 bits per heavy atom. The third-order valence-electron chi connectivity index (χ3n) is 5.40. The number of nitrogens with one attached hydrogen (secondary N) is 1. The Hall–Kier alpha value is -2.62. The van der Waals surface area contributed by atoms with Gasteiger partial charge in [-0.3, -0.25) is 9.59 Å². The second-order valence-electron chi connectivity index (χ2n) is 7.30. The quantitative estimate of drug-likeness (QED) is 0.921. The molecule has 2 aromatic carbocycles. The van der Waals surface area contributed by atoms with Gasteiger partial charge in [0.2, 0.25) is 11.8 Å². The van der Waals surface area contributed by atoms with Gasteiger partial charge in [0, 0.05) is 12.5 Å². The van der Waals surface area contributed by atoms with E-state index in [1.807, 2.05) is 55.5 Å². The Kier molecular flexibility index (Phi) is 4.49. The van der Waals surface area contributed by atoms with Crippen LogP contribution in [0.4, 0.5) is 0 Å². The van der Waals surface area contributed by atoms with Crippen LogP contribution in [0.2, 0.25) is 0 Å². The zero-order valence-electron chi connectivity index (χ0n) is 15.0. The zero-order chi connectivity index (χ0) is 18.1. The van der Waals surface area contributed by atoms with Gasteiger partial charge in [0.15, 0.2) is 0 Å². The van der Waals surface area contributed by atoms with E-state index in [1.54, 1.807) is 4.90 Å². The number of rotatable bonds is 4. The lowest BCUT2D eigenvalue weighted by atomic mass is 9.91. The fraction of sp³-hybridized carbons (Fsp3) is 0.364. The molecule has 1 heterocycles. The van der Waals surface area contributed by atoms with Crippen LogP contribution in [0.25, 0.3) is 0 Å². The fourth-order valence-electron chi connectivity index (χ4n) is 3.77. The van der Waals surface area contributed by atoms with Gasteiger partial charge >= 0.3 is 0 Å². The first-order valence-electron chi connectivity index (χ1n) is 9.39. The first kappa shape index (κ1) is 16.8. The Morgan fingerprint density at radius 2 is 1.73 bits per heavy atom. The molecule has 2 aromatic rings. The SMILES string of the molecule is C[C@@H](NC(=O)[C@H]1c2ccccc2CCN1C(=O)C1CC1)c1ccccc1. The Labute approximate surface area is 154 Å². The number of hydrogen-bond acceptors (Lipinski definition) is 2. The molecule has 4 rings (SSSR count). The van der Waals surface area contributed by atoms with Gasteiger partial charge in [-0.2, -0.15) is 0 Å². The Balaban J connectivity index is 1.61. The highest BCUT2D eigenvalue weighted by molar-refractivity contribution is 5.91. The summed E-state index contributed by atoms with van der Waals surface area (Å²) < 4.78 is 0. The molecule has 0 bridgehead atoms. The van der Waals surface area contributed by atoms with Gasteiger partial charge in [-0.25, -0.2) is 0 Å². The molecule has 0 unspecified atom stereocenters. The first-order valence-corrected chi connectivity index (χ1v) is 9.39. The zero-order valence-corrected chi connectivity index (χ0v) is 15.0. The molecule has 0 radical (unpaired) electrons. The molecule has 1 fully saturated rings. The minimum atomic E-state index is -0.529. The fourth-order valence-corrected chi connectivity index (χ4v) is 3.77. The monoisotopic (exact) mass is 348 g/mol. The number of benzene rings is 2. The molecule has 4 nitrogen and oxygen atoms in total. The summed E-state index contributed by atoms with van der Waals surface area (Å²) in [7, 11) is 0. The van der Waals surface area contributed by atoms with E-state index in [1.165, 1.54) is 5.56 Å². The van der Waals surface area contributed by atoms with Crippen molar-refractivity contribution in [3.63, 3.8) is 0 Å². The van der Waals surface area contributed by atoms with Gasteiger partial charge < -0.3 is 10.2 Å². The second kappa shape index (κ2) is 6.94. The van der Waals surface area contributed by atoms with E-state index in [4.69, 9.17) is 0 Å². The maximum Gasteiger partial charge on any atom is 0.247 e. The molecular weight excluding hydrogens is 324 g/mol. The molecule has 0 aromatic heterocycles. The highest BCUT2D eigenvalue weighted by atomic mass is 16.2. The number of amides is 2. The van der Waals surface area contributed by atoms with Crippen molar-refractivity contribution in [1.29, 1.82) is 0 Å². The van der Waals surface area contributed by atoms with Gasteiger partial charge in [-0.1, -0.05) is 54.6 Å². The molecule has 26 heavy (non-hydrogen) atoms. The predicted molar refractivity (Wildman–Crippen MR) is 100 cm³/mol. The molecule has 2 atom stereocenters. The van der Waals surface area contributed by atoms with Gasteiger partial charge in [-0.05, 0) is 42.9 Å². The summed E-state index contributed by atoms with van der Waals surface area (Å²) in [6.45, 7) is 2.60. The van der Waals surface area contributed by atoms with Crippen LogP contribution >= 0.6 is 0 Å². The maximum absolute atomic E-state index is 13.2. The van der Waals surface area contributed by atoms with E-state index in [2.05, 4.69) is 11.4 Å². The third-order valence-corrected chi connectivity index (χ3v) is 5.40. The Morgan fingerprint density at radius 3 is 2.46 bits per heavy atom. The van der Waals surface area contributed by atoms with E-state index < -0.39 is 6.04 Å². The normalized spacial score (nSPS) is 20.2. The average molecular weight is 348 g/mol. The number of nitrogens with zero attached hydrogens (tertiary/aromatic N) is 1. The largest absolute Gasteiger partial charge is 0.347 e. The van der Waals surface area contributed by atoms with Crippen LogP contribution < -0.4 is 5.32 Å². The molecule has 134 valence electrons. The second-order valence-corrected chi connectivity index (χ2v) is 7.30. The van der Waals surface area contributed by atoms with Crippen LogP contribution in [-0.4, -0.2) is 23.3 Å². The third kappa shape index (κ3) is 3.24. The standard InChI is InChI=1S/C22H24N2O2/c1-15(16-7-3-2-4-8-16)23-21(25)20-19-10-6-5-9-17(19)13-14-24(20)22(26)18-11-12-18/h2-10,15,18,20H,11-14H2,1H3,(H,23,25)/t15-,20-/m1/s1. The predicted octanol–water partition coefficient (Wildman–Crippen LogP) is 3.40. The summed E-state index contributed by atoms with van der Waals surface area (Å²) >= 11 is 0. The van der Waals surface area contributed by atoms with Crippen molar-refractivity contribution in [2.24, 2.45) is 5.92 Å². The van der Waals surface area contributed by atoms with Crippen molar-refractivity contribution >= 4 is 11.8 Å². The molecule has 2 amide bonds. The lowest BCUT2D eigenvalue weighted by Crippen LogP contribution is -2.48. The molecular formula is C22H24N2O2. The van der Waals surface area contributed by atoms with Crippen molar-refractivity contribution in [2.75, 3.05) is 6.54 Å². The first-order chi connectivity index (χ1) is 12.6. The molecule has 1 aliphatic carbocycles. The molecule has 1 saturated carbocycles. The van der Waals surface area contributed by atoms with Crippen LogP contribution in [0.15, 0.2) is 54.6 Å². The number of fused-ring (bicyclic) bond motifs is 1. The lowest BCUT2D eigenvalue weighted by Gasteiger charge is -2.37. The van der Waals surface area contributed by atoms with E-state index in [0.717, 1.165) is 30.4 Å². The summed E-state index contributed by atoms with van der Waals surface area (Å²) in [5.41, 5.74) is 3.19. The van der Waals surface area contributed by atoms with E-state index in [-0.39, 0.29) is 23.8 Å². The minimum absolute atomic E-state index is 0.0949. The molecule has 2 aliphatic rings. The molecule has 4 heteroatoms. The van der Waals surface area contributed by atoms with Gasteiger partial charge in [0.1, 0.15) is 6.04 Å². The molecule has 0 spiro atoms. The average Bonchev–Trinajstić information content (AvgIpc) is 3.52. The number of carbonyl (C=O) groups excluding carboxylic acids is 2. The summed E-state index contributed by atoms with van der Waals surface area (Å²) in [5, 5.41) is 3.12. The van der Waals surface area contributed by atoms with Crippen molar-refractivity contribution in [3.05, 3.63) is 71.3 Å². The van der Waals surface area contributed by atoms with E-state index in [0.29, 0.717) is 6.54 Å². The summed E-state index contributed by atoms with van der Waals surface area (Å²) in [6, 6.07) is 17.3. The smallest absolute Gasteiger partial charge is 0.247 e. The van der Waals surface area contributed by atoms with E-state index in [9.17, 15) is 9.59 Å². The summed E-state index contributed by atoms with van der Waals surface area (Å²) in [6.07, 6.45) is 2.71. The minimum Gasteiger partial charge on any atom is -0.347 e. The van der Waals surface area contributed by atoms with Gasteiger partial charge in [0.25, 0.3) is 0 Å². The van der Waals surface area contributed by atoms with Crippen LogP contribution in [0.5, 0.6) is 0 Å². The van der Waals surface area contributed by atoms with Crippen LogP contribution in [0.1, 0.15) is 48.5 Å². The van der Waals surface area contributed by atoms with Crippen molar-refractivity contribution in [1.82, 2.24) is 10.2 Å². The highest BCUT2D eigenvalue weighted by Gasteiger charge is 2.41. The molecule has 1 aliphatic heterocycles. The highest BCUT2D eigenvalue weighted by Crippen LogP contribution is 2.37. The summed E-state index contributed by atoms with van der Waals surface area (Å²) in [4.78, 5) is 27.8. The van der Waals surface area contributed by atoms with Gasteiger partial charge in [0.05, 0.1) is 6.04 Å². The molecule has 1 N–H and O–H groups in total. The Bertz CT molecular complexity index is 814. The number of hydrogen-bond donors (Lipinski definition) is 1. The maximum atomic E-state index is 13.2. The van der Waals surface area contributed by atoms with Gasteiger partial charge in [-0.15, -0.1) is 0 Å². The van der Waals surface area contributed by atoms with Crippen LogP contribution in [0.3, 0.4) is 0 Å². The summed E-state index contributed by atoms with van der Waals surface area (Å²) in [5.74, 6) is 0.150. The van der Waals surface area contributed by atoms with Crippen LogP contribution in [0, 0.1) is 5.92 Å². The van der Waals surface area contributed by atoms with Crippen molar-refractivity contribution in [2.45, 2.75) is 38.3 Å². The molecule has 0 saturated heterocycles. The topological polar surface area (TPSA) is 49.4 Å². The van der Waals surface area contributed by atoms with Crippen molar-refractivity contribution in [3.8, 4) is 0 Å². The van der Waals surface area contributed by atoms with Crippen molar-refractivity contribution < 1.29 is 9.59 Å². The lowest BCUT2D eigenvalue weighted by molar-refractivity contribution is -0.142.